The van der Waals surface area contributed by atoms with Crippen molar-refractivity contribution in [3.63, 3.8) is 0 Å². The van der Waals surface area contributed by atoms with Gasteiger partial charge in [-0.05, 0) is 52.5 Å². The molecule has 3 aliphatic rings. The number of hydrogen-bond acceptors (Lipinski definition) is 1. The van der Waals surface area contributed by atoms with E-state index in [1.165, 1.54) is 46.4 Å². The maximum atomic E-state index is 3.70. The Kier molecular flexibility index (Phi) is 2.89. The first-order valence-corrected chi connectivity index (χ1v) is 7.77. The summed E-state index contributed by atoms with van der Waals surface area (Å²) in [5, 5.41) is 6.47. The molecule has 1 aromatic carbocycles. The van der Waals surface area contributed by atoms with Crippen molar-refractivity contribution in [3.8, 4) is 0 Å². The van der Waals surface area contributed by atoms with E-state index in [2.05, 4.69) is 54.7 Å². The Labute approximate surface area is 120 Å². The van der Waals surface area contributed by atoms with Crippen LogP contribution in [0.1, 0.15) is 26.2 Å². The van der Waals surface area contributed by atoms with Crippen LogP contribution in [0.5, 0.6) is 0 Å². The first kappa shape index (κ1) is 12.2. The highest BCUT2D eigenvalue weighted by Crippen LogP contribution is 2.33. The molecule has 0 radical (unpaired) electrons. The van der Waals surface area contributed by atoms with E-state index in [0.717, 1.165) is 12.5 Å². The van der Waals surface area contributed by atoms with Crippen LogP contribution in [-0.2, 0) is 0 Å². The molecule has 1 atom stereocenters. The summed E-state index contributed by atoms with van der Waals surface area (Å²) in [5.41, 5.74) is 4.29. The van der Waals surface area contributed by atoms with Crippen molar-refractivity contribution in [2.24, 2.45) is 5.92 Å². The minimum absolute atomic E-state index is 0.633. The van der Waals surface area contributed by atoms with Gasteiger partial charge in [-0.15, -0.1) is 0 Å². The molecule has 1 saturated carbocycles. The molecule has 0 spiro atoms. The van der Waals surface area contributed by atoms with Crippen LogP contribution < -0.4 is 15.8 Å². The van der Waals surface area contributed by atoms with Gasteiger partial charge >= 0.3 is 0 Å². The van der Waals surface area contributed by atoms with Crippen molar-refractivity contribution < 1.29 is 0 Å². The SMILES string of the molecule is CC(CC1CC1)NCC1=CC=C2C=c3ccccc3=C21. The number of fused-ring (bicyclic) bond motifs is 2. The van der Waals surface area contributed by atoms with Crippen LogP contribution in [0.2, 0.25) is 0 Å². The summed E-state index contributed by atoms with van der Waals surface area (Å²) in [6, 6.07) is 9.35. The maximum Gasteiger partial charge on any atom is 0.0214 e. The molecule has 1 nitrogen and oxygen atoms in total. The van der Waals surface area contributed by atoms with Crippen molar-refractivity contribution in [2.45, 2.75) is 32.2 Å². The molecule has 1 N–H and O–H groups in total. The van der Waals surface area contributed by atoms with Crippen LogP contribution in [0.4, 0.5) is 0 Å². The average molecular weight is 263 g/mol. The molecule has 20 heavy (non-hydrogen) atoms. The van der Waals surface area contributed by atoms with Crippen molar-refractivity contribution >= 4 is 11.6 Å². The van der Waals surface area contributed by atoms with Gasteiger partial charge in [0.25, 0.3) is 0 Å². The van der Waals surface area contributed by atoms with Gasteiger partial charge in [0.1, 0.15) is 0 Å². The third-order valence-electron chi connectivity index (χ3n) is 4.64. The summed E-state index contributed by atoms with van der Waals surface area (Å²) >= 11 is 0. The Morgan fingerprint density at radius 2 is 2.05 bits per heavy atom. The van der Waals surface area contributed by atoms with E-state index in [1.807, 2.05) is 0 Å². The third kappa shape index (κ3) is 2.16. The van der Waals surface area contributed by atoms with Crippen LogP contribution in [0.15, 0.2) is 47.6 Å². The lowest BCUT2D eigenvalue weighted by Gasteiger charge is -2.15. The first-order valence-electron chi connectivity index (χ1n) is 7.77. The van der Waals surface area contributed by atoms with Crippen molar-refractivity contribution in [1.29, 1.82) is 0 Å². The normalized spacial score (nSPS) is 20.9. The van der Waals surface area contributed by atoms with Gasteiger partial charge in [0.15, 0.2) is 0 Å². The van der Waals surface area contributed by atoms with E-state index in [0.29, 0.717) is 6.04 Å². The standard InChI is InChI=1S/C19H21N/c1-13(10-14-6-7-14)20-12-17-9-8-16-11-15-4-2-3-5-18(15)19(16)17/h2-5,8-9,11,13-14,20H,6-7,10,12H2,1H3. The fourth-order valence-electron chi connectivity index (χ4n) is 3.38. The van der Waals surface area contributed by atoms with E-state index in [9.17, 15) is 0 Å². The molecule has 0 aliphatic heterocycles. The Bertz CT molecular complexity index is 716. The molecule has 102 valence electrons. The second kappa shape index (κ2) is 4.75. The summed E-state index contributed by atoms with van der Waals surface area (Å²) in [7, 11) is 0. The van der Waals surface area contributed by atoms with Gasteiger partial charge in [-0.2, -0.15) is 0 Å². The highest BCUT2D eigenvalue weighted by molar-refractivity contribution is 5.94. The second-order valence-electron chi connectivity index (χ2n) is 6.38. The Hall–Kier alpha value is -1.60. The van der Waals surface area contributed by atoms with Crippen LogP contribution in [0.25, 0.3) is 11.6 Å². The van der Waals surface area contributed by atoms with Crippen molar-refractivity contribution in [2.75, 3.05) is 6.54 Å². The molecule has 1 heteroatoms. The van der Waals surface area contributed by atoms with Gasteiger partial charge in [-0.3, -0.25) is 0 Å². The molecule has 0 saturated heterocycles. The predicted molar refractivity (Wildman–Crippen MR) is 84.5 cm³/mol. The third-order valence-corrected chi connectivity index (χ3v) is 4.64. The minimum atomic E-state index is 0.633. The fourth-order valence-corrected chi connectivity index (χ4v) is 3.38. The molecule has 0 bridgehead atoms. The molecular formula is C19H21N. The largest absolute Gasteiger partial charge is 0.310 e. The monoisotopic (exact) mass is 263 g/mol. The number of hydrogen-bond donors (Lipinski definition) is 1. The minimum Gasteiger partial charge on any atom is -0.310 e. The predicted octanol–water partition coefficient (Wildman–Crippen LogP) is 2.28. The zero-order valence-corrected chi connectivity index (χ0v) is 12.0. The first-order chi connectivity index (χ1) is 9.81. The molecule has 1 fully saturated rings. The van der Waals surface area contributed by atoms with E-state index >= 15 is 0 Å². The van der Waals surface area contributed by atoms with Crippen LogP contribution in [0, 0.1) is 5.92 Å². The van der Waals surface area contributed by atoms with Crippen LogP contribution >= 0.6 is 0 Å². The summed E-state index contributed by atoms with van der Waals surface area (Å²) in [6.07, 6.45) is 11.1. The Balaban J connectivity index is 1.52. The summed E-state index contributed by atoms with van der Waals surface area (Å²) in [4.78, 5) is 0. The van der Waals surface area contributed by atoms with Gasteiger partial charge in [0.2, 0.25) is 0 Å². The molecule has 0 heterocycles. The van der Waals surface area contributed by atoms with Gasteiger partial charge < -0.3 is 5.32 Å². The Morgan fingerprint density at radius 1 is 1.20 bits per heavy atom. The van der Waals surface area contributed by atoms with Crippen molar-refractivity contribution in [3.05, 3.63) is 58.0 Å². The Morgan fingerprint density at radius 3 is 2.90 bits per heavy atom. The van der Waals surface area contributed by atoms with Gasteiger partial charge in [0, 0.05) is 12.6 Å². The lowest BCUT2D eigenvalue weighted by Crippen LogP contribution is -2.30. The quantitative estimate of drug-likeness (QED) is 0.859. The van der Waals surface area contributed by atoms with E-state index in [4.69, 9.17) is 0 Å². The van der Waals surface area contributed by atoms with Gasteiger partial charge in [-0.25, -0.2) is 0 Å². The smallest absolute Gasteiger partial charge is 0.0214 e. The highest BCUT2D eigenvalue weighted by Gasteiger charge is 2.24. The van der Waals surface area contributed by atoms with Crippen LogP contribution in [-0.4, -0.2) is 12.6 Å². The number of allylic oxidation sites excluding steroid dienone is 3. The van der Waals surface area contributed by atoms with Crippen LogP contribution in [0.3, 0.4) is 0 Å². The molecule has 1 unspecified atom stereocenters. The second-order valence-corrected chi connectivity index (χ2v) is 6.38. The molecule has 1 aromatic rings. The van der Waals surface area contributed by atoms with E-state index < -0.39 is 0 Å². The molecular weight excluding hydrogens is 242 g/mol. The summed E-state index contributed by atoms with van der Waals surface area (Å²) < 4.78 is 0. The fraction of sp³-hybridized carbons (Fsp3) is 0.368. The molecule has 0 aromatic heterocycles. The maximum absolute atomic E-state index is 3.70. The van der Waals surface area contributed by atoms with Gasteiger partial charge in [0.05, 0.1) is 0 Å². The number of rotatable bonds is 5. The molecule has 3 aliphatic carbocycles. The lowest BCUT2D eigenvalue weighted by atomic mass is 10.0. The van der Waals surface area contributed by atoms with E-state index in [-0.39, 0.29) is 0 Å². The van der Waals surface area contributed by atoms with E-state index in [1.54, 1.807) is 0 Å². The number of benzene rings is 1. The number of nitrogens with one attached hydrogen (secondary N) is 1. The summed E-state index contributed by atoms with van der Waals surface area (Å²) in [5.74, 6) is 0.997. The zero-order valence-electron chi connectivity index (χ0n) is 12.0. The molecule has 4 rings (SSSR count). The topological polar surface area (TPSA) is 12.0 Å². The summed E-state index contributed by atoms with van der Waals surface area (Å²) in [6.45, 7) is 3.31. The van der Waals surface area contributed by atoms with Gasteiger partial charge in [-0.1, -0.05) is 49.3 Å². The zero-order chi connectivity index (χ0) is 13.5. The average Bonchev–Trinajstić information content (AvgIpc) is 3.05. The highest BCUT2D eigenvalue weighted by atomic mass is 14.9. The molecule has 0 amide bonds. The lowest BCUT2D eigenvalue weighted by molar-refractivity contribution is 0.509. The van der Waals surface area contributed by atoms with Crippen molar-refractivity contribution in [1.82, 2.24) is 5.32 Å².